The van der Waals surface area contributed by atoms with E-state index in [0.29, 0.717) is 6.10 Å². The fraction of sp³-hybridized carbons (Fsp3) is 0.478. The fourth-order valence-electron chi connectivity index (χ4n) is 3.99. The zero-order valence-corrected chi connectivity index (χ0v) is 17.6. The van der Waals surface area contributed by atoms with Crippen molar-refractivity contribution in [1.82, 2.24) is 0 Å². The van der Waals surface area contributed by atoms with Gasteiger partial charge < -0.3 is 9.16 Å². The van der Waals surface area contributed by atoms with E-state index < -0.39 is 8.32 Å². The van der Waals surface area contributed by atoms with Gasteiger partial charge >= 0.3 is 0 Å². The van der Waals surface area contributed by atoms with Gasteiger partial charge in [0.05, 0.1) is 12.7 Å². The summed E-state index contributed by atoms with van der Waals surface area (Å²) in [5.41, 5.74) is 0. The Labute approximate surface area is 159 Å². The lowest BCUT2D eigenvalue weighted by Crippen LogP contribution is -2.67. The average Bonchev–Trinajstić information content (AvgIpc) is 3.44. The van der Waals surface area contributed by atoms with E-state index in [1.807, 2.05) is 0 Å². The fourth-order valence-corrected chi connectivity index (χ4v) is 8.71. The smallest absolute Gasteiger partial charge is 0.261 e. The highest BCUT2D eigenvalue weighted by Gasteiger charge is 2.51. The average molecular weight is 369 g/mol. The van der Waals surface area contributed by atoms with E-state index in [4.69, 9.17) is 9.16 Å². The molecule has 2 atom stereocenters. The lowest BCUT2D eigenvalue weighted by Gasteiger charge is -2.45. The number of rotatable bonds is 8. The van der Waals surface area contributed by atoms with Crippen LogP contribution in [0.4, 0.5) is 0 Å². The zero-order valence-electron chi connectivity index (χ0n) is 16.6. The van der Waals surface area contributed by atoms with Crippen LogP contribution in [0.5, 0.6) is 0 Å². The predicted octanol–water partition coefficient (Wildman–Crippen LogP) is 4.52. The van der Waals surface area contributed by atoms with E-state index in [2.05, 4.69) is 88.4 Å². The van der Waals surface area contributed by atoms with E-state index in [-0.39, 0.29) is 11.1 Å². The van der Waals surface area contributed by atoms with Crippen LogP contribution in [0.15, 0.2) is 60.7 Å². The number of hydrogen-bond donors (Lipinski definition) is 0. The highest BCUT2D eigenvalue weighted by molar-refractivity contribution is 6.99. The van der Waals surface area contributed by atoms with Gasteiger partial charge in [-0.2, -0.15) is 0 Å². The van der Waals surface area contributed by atoms with Crippen LogP contribution in [0.1, 0.15) is 47.0 Å². The van der Waals surface area contributed by atoms with Crippen molar-refractivity contribution in [3.8, 4) is 0 Å². The van der Waals surface area contributed by atoms with Crippen LogP contribution in [-0.2, 0) is 9.16 Å². The Bertz CT molecular complexity index is 635. The van der Waals surface area contributed by atoms with Gasteiger partial charge in [-0.25, -0.2) is 0 Å². The minimum absolute atomic E-state index is 0.0338. The summed E-state index contributed by atoms with van der Waals surface area (Å²) in [5, 5.41) is 2.75. The summed E-state index contributed by atoms with van der Waals surface area (Å²) in [7, 11) is -2.44. The molecule has 1 aliphatic heterocycles. The Balaban J connectivity index is 2.09. The maximum atomic E-state index is 7.22. The largest absolute Gasteiger partial charge is 0.404 e. The van der Waals surface area contributed by atoms with Crippen molar-refractivity contribution in [2.24, 2.45) is 0 Å². The molecule has 1 fully saturated rings. The molecule has 2 aromatic rings. The molecule has 3 heteroatoms. The molecule has 0 saturated carbocycles. The van der Waals surface area contributed by atoms with Crippen LogP contribution in [0.25, 0.3) is 0 Å². The summed E-state index contributed by atoms with van der Waals surface area (Å²) in [5.74, 6) is 0. The molecule has 26 heavy (non-hydrogen) atoms. The summed E-state index contributed by atoms with van der Waals surface area (Å²) in [6.45, 7) is 10.2. The molecule has 0 aliphatic carbocycles. The summed E-state index contributed by atoms with van der Waals surface area (Å²) in [4.78, 5) is 0. The lowest BCUT2D eigenvalue weighted by atomic mass is 10.1. The molecule has 2 nitrogen and oxygen atoms in total. The third-order valence-electron chi connectivity index (χ3n) is 5.30. The van der Waals surface area contributed by atoms with Gasteiger partial charge in [0.25, 0.3) is 8.32 Å². The Morgan fingerprint density at radius 1 is 1.00 bits per heavy atom. The highest BCUT2D eigenvalue weighted by Crippen LogP contribution is 2.38. The first kappa shape index (κ1) is 19.3. The molecule has 1 saturated heterocycles. The van der Waals surface area contributed by atoms with Crippen molar-refractivity contribution in [2.75, 3.05) is 6.61 Å². The minimum Gasteiger partial charge on any atom is -0.404 e. The van der Waals surface area contributed by atoms with Crippen LogP contribution < -0.4 is 10.4 Å². The standard InChI is InChI=1S/C23H32O2Si/c1-5-12-19(17-20-18-24-20)25-26(23(2,3)4,21-13-8-6-9-14-21)22-15-10-7-11-16-22/h6-11,13-16,19-20H,5,12,17-18H2,1-4H3/t19-,20+/m0/s1. The van der Waals surface area contributed by atoms with Crippen molar-refractivity contribution < 1.29 is 9.16 Å². The van der Waals surface area contributed by atoms with Crippen LogP contribution in [0, 0.1) is 0 Å². The summed E-state index contributed by atoms with van der Waals surface area (Å²) in [6.07, 6.45) is 3.88. The molecule has 0 N–H and O–H groups in total. The molecule has 0 bridgehead atoms. The maximum Gasteiger partial charge on any atom is 0.261 e. The van der Waals surface area contributed by atoms with Crippen molar-refractivity contribution in [3.63, 3.8) is 0 Å². The third kappa shape index (κ3) is 4.11. The van der Waals surface area contributed by atoms with Crippen molar-refractivity contribution in [2.45, 2.75) is 64.2 Å². The third-order valence-corrected chi connectivity index (χ3v) is 10.4. The van der Waals surface area contributed by atoms with Gasteiger partial charge in [0.1, 0.15) is 0 Å². The number of epoxide rings is 1. The van der Waals surface area contributed by atoms with E-state index >= 15 is 0 Å². The Kier molecular flexibility index (Phi) is 6.01. The molecule has 0 aromatic heterocycles. The van der Waals surface area contributed by atoms with E-state index in [9.17, 15) is 0 Å². The Morgan fingerprint density at radius 3 is 1.88 bits per heavy atom. The molecule has 0 spiro atoms. The van der Waals surface area contributed by atoms with Gasteiger partial charge in [-0.3, -0.25) is 0 Å². The lowest BCUT2D eigenvalue weighted by molar-refractivity contribution is 0.154. The second-order valence-electron chi connectivity index (χ2n) is 8.38. The number of ether oxygens (including phenoxy) is 1. The SMILES string of the molecule is CCC[C@@H](C[C@@H]1CO1)O[Si](c1ccccc1)(c1ccccc1)C(C)(C)C. The second kappa shape index (κ2) is 8.08. The monoisotopic (exact) mass is 368 g/mol. The molecule has 2 aromatic carbocycles. The molecule has 1 heterocycles. The predicted molar refractivity (Wildman–Crippen MR) is 112 cm³/mol. The van der Waals surface area contributed by atoms with E-state index in [1.54, 1.807) is 0 Å². The molecular weight excluding hydrogens is 336 g/mol. The first-order valence-electron chi connectivity index (χ1n) is 9.88. The summed E-state index contributed by atoms with van der Waals surface area (Å²) < 4.78 is 12.8. The van der Waals surface area contributed by atoms with Crippen LogP contribution in [0.2, 0.25) is 5.04 Å². The van der Waals surface area contributed by atoms with Crippen molar-refractivity contribution in [1.29, 1.82) is 0 Å². The maximum absolute atomic E-state index is 7.22. The highest BCUT2D eigenvalue weighted by atomic mass is 28.4. The Morgan fingerprint density at radius 2 is 1.50 bits per heavy atom. The molecule has 0 radical (unpaired) electrons. The van der Waals surface area contributed by atoms with Crippen LogP contribution in [-0.4, -0.2) is 27.1 Å². The summed E-state index contributed by atoms with van der Waals surface area (Å²) >= 11 is 0. The first-order chi connectivity index (χ1) is 12.5. The quantitative estimate of drug-likeness (QED) is 0.505. The molecule has 140 valence electrons. The van der Waals surface area contributed by atoms with Gasteiger partial charge in [-0.15, -0.1) is 0 Å². The van der Waals surface area contributed by atoms with E-state index in [1.165, 1.54) is 10.4 Å². The second-order valence-corrected chi connectivity index (χ2v) is 12.6. The van der Waals surface area contributed by atoms with Gasteiger partial charge in [0.2, 0.25) is 0 Å². The van der Waals surface area contributed by atoms with Crippen molar-refractivity contribution >= 4 is 18.7 Å². The zero-order chi connectivity index (χ0) is 18.6. The summed E-state index contributed by atoms with van der Waals surface area (Å²) in [6, 6.07) is 21.8. The van der Waals surface area contributed by atoms with Crippen LogP contribution >= 0.6 is 0 Å². The van der Waals surface area contributed by atoms with Crippen LogP contribution in [0.3, 0.4) is 0 Å². The number of hydrogen-bond acceptors (Lipinski definition) is 2. The van der Waals surface area contributed by atoms with E-state index in [0.717, 1.165) is 25.9 Å². The minimum atomic E-state index is -2.44. The topological polar surface area (TPSA) is 21.8 Å². The van der Waals surface area contributed by atoms with Gasteiger partial charge in [-0.1, -0.05) is 94.8 Å². The number of benzene rings is 2. The first-order valence-corrected chi connectivity index (χ1v) is 11.8. The molecule has 0 unspecified atom stereocenters. The molecule has 0 amide bonds. The van der Waals surface area contributed by atoms with Crippen molar-refractivity contribution in [3.05, 3.63) is 60.7 Å². The molecular formula is C23H32O2Si. The molecule has 3 rings (SSSR count). The van der Waals surface area contributed by atoms with Gasteiger partial charge in [0, 0.05) is 12.5 Å². The normalized spacial score (nSPS) is 18.5. The van der Waals surface area contributed by atoms with Gasteiger partial charge in [0.15, 0.2) is 0 Å². The van der Waals surface area contributed by atoms with Gasteiger partial charge in [-0.05, 0) is 21.8 Å². The molecule has 1 aliphatic rings. The Hall–Kier alpha value is -1.42.